The highest BCUT2D eigenvalue weighted by Crippen LogP contribution is 2.37. The van der Waals surface area contributed by atoms with E-state index in [1.54, 1.807) is 18.2 Å². The lowest BCUT2D eigenvalue weighted by molar-refractivity contribution is 0.0958. The summed E-state index contributed by atoms with van der Waals surface area (Å²) in [4.78, 5) is 24.5. The van der Waals surface area contributed by atoms with Crippen LogP contribution in [-0.2, 0) is 4.74 Å². The van der Waals surface area contributed by atoms with Crippen molar-refractivity contribution in [2.24, 2.45) is 0 Å². The zero-order valence-corrected chi connectivity index (χ0v) is 12.3. The van der Waals surface area contributed by atoms with E-state index in [1.165, 1.54) is 13.2 Å². The third-order valence-corrected chi connectivity index (χ3v) is 3.98. The fourth-order valence-electron chi connectivity index (χ4n) is 2.98. The van der Waals surface area contributed by atoms with E-state index in [0.717, 1.165) is 11.1 Å². The molecule has 0 bridgehead atoms. The van der Waals surface area contributed by atoms with Gasteiger partial charge in [0.1, 0.15) is 5.58 Å². The first kappa shape index (κ1) is 13.5. The number of methoxy groups -OCH3 is 1. The first-order valence-electron chi connectivity index (χ1n) is 7.15. The summed E-state index contributed by atoms with van der Waals surface area (Å²) in [7, 11) is 1.45. The molecule has 4 rings (SSSR count). The summed E-state index contributed by atoms with van der Waals surface area (Å²) in [5.74, 6) is 0.00563. The summed E-state index contributed by atoms with van der Waals surface area (Å²) in [5.41, 5.74) is 2.81. The van der Waals surface area contributed by atoms with Crippen molar-refractivity contribution in [2.75, 3.05) is 7.11 Å². The number of Topliss-reactive ketones (excluding diaryl/α,β-unsaturated/α-hetero) is 1. The molecule has 0 amide bonds. The van der Waals surface area contributed by atoms with Crippen LogP contribution in [0.5, 0.6) is 0 Å². The maximum atomic E-state index is 12.8. The highest BCUT2D eigenvalue weighted by molar-refractivity contribution is 6.24. The van der Waals surface area contributed by atoms with Gasteiger partial charge in [0.15, 0.2) is 5.76 Å². The Bertz CT molecular complexity index is 1030. The van der Waals surface area contributed by atoms with E-state index < -0.39 is 5.63 Å². The zero-order valence-electron chi connectivity index (χ0n) is 12.3. The average Bonchev–Trinajstić information content (AvgIpc) is 2.58. The first-order chi connectivity index (χ1) is 11.2. The van der Waals surface area contributed by atoms with Crippen molar-refractivity contribution < 1.29 is 13.9 Å². The summed E-state index contributed by atoms with van der Waals surface area (Å²) in [6.45, 7) is 0. The van der Waals surface area contributed by atoms with E-state index in [-0.39, 0.29) is 11.5 Å². The molecule has 0 saturated carbocycles. The van der Waals surface area contributed by atoms with Gasteiger partial charge in [-0.2, -0.15) is 0 Å². The normalized spacial score (nSPS) is 13.1. The predicted octanol–water partition coefficient (Wildman–Crippen LogP) is 3.64. The second kappa shape index (κ2) is 4.95. The van der Waals surface area contributed by atoms with Gasteiger partial charge in [-0.05, 0) is 34.9 Å². The molecule has 3 aromatic rings. The maximum absolute atomic E-state index is 12.8. The van der Waals surface area contributed by atoms with Crippen molar-refractivity contribution in [3.63, 3.8) is 0 Å². The minimum Gasteiger partial charge on any atom is -0.493 e. The van der Waals surface area contributed by atoms with Gasteiger partial charge in [0.05, 0.1) is 7.11 Å². The number of carbonyl (C=O) groups is 1. The topological polar surface area (TPSA) is 56.5 Å². The monoisotopic (exact) mass is 304 g/mol. The van der Waals surface area contributed by atoms with Crippen LogP contribution >= 0.6 is 0 Å². The second-order valence-electron chi connectivity index (χ2n) is 5.29. The molecule has 0 aliphatic heterocycles. The van der Waals surface area contributed by atoms with Crippen molar-refractivity contribution in [3.05, 3.63) is 75.8 Å². The Morgan fingerprint density at radius 2 is 1.78 bits per heavy atom. The van der Waals surface area contributed by atoms with Crippen molar-refractivity contribution in [1.29, 1.82) is 0 Å². The van der Waals surface area contributed by atoms with Crippen molar-refractivity contribution >= 4 is 22.8 Å². The summed E-state index contributed by atoms with van der Waals surface area (Å²) in [5, 5.41) is 0.650. The summed E-state index contributed by atoms with van der Waals surface area (Å²) < 4.78 is 10.5. The Kier molecular flexibility index (Phi) is 2.91. The Labute approximate surface area is 131 Å². The lowest BCUT2D eigenvalue weighted by Crippen LogP contribution is -2.14. The third kappa shape index (κ3) is 1.99. The summed E-state index contributed by atoms with van der Waals surface area (Å²) in [6, 6.07) is 14.5. The Hall–Kier alpha value is -3.14. The van der Waals surface area contributed by atoms with Crippen LogP contribution in [0.25, 0.3) is 28.2 Å². The molecule has 0 atom stereocenters. The molecule has 4 nitrogen and oxygen atoms in total. The van der Waals surface area contributed by atoms with Gasteiger partial charge in [0.2, 0.25) is 5.78 Å². The number of hydrogen-bond acceptors (Lipinski definition) is 4. The van der Waals surface area contributed by atoms with Gasteiger partial charge in [-0.25, -0.2) is 4.79 Å². The smallest absolute Gasteiger partial charge is 0.336 e. The van der Waals surface area contributed by atoms with Crippen LogP contribution in [0.2, 0.25) is 0 Å². The molecule has 0 radical (unpaired) electrons. The van der Waals surface area contributed by atoms with Crippen LogP contribution in [0.3, 0.4) is 0 Å². The van der Waals surface area contributed by atoms with E-state index >= 15 is 0 Å². The molecule has 0 N–H and O–H groups in total. The fraction of sp³-hybridized carbons (Fsp3) is 0.0526. The molecule has 0 fully saturated rings. The fourth-order valence-corrected chi connectivity index (χ4v) is 2.98. The average molecular weight is 304 g/mol. The molecule has 4 heteroatoms. The van der Waals surface area contributed by atoms with Crippen molar-refractivity contribution in [1.82, 2.24) is 0 Å². The van der Waals surface area contributed by atoms with Crippen LogP contribution in [0, 0.1) is 0 Å². The number of ketones is 1. The number of hydrogen-bond donors (Lipinski definition) is 0. The molecule has 1 aliphatic rings. The quantitative estimate of drug-likeness (QED) is 0.678. The van der Waals surface area contributed by atoms with Gasteiger partial charge < -0.3 is 9.15 Å². The molecule has 0 spiro atoms. The van der Waals surface area contributed by atoms with Crippen LogP contribution < -0.4 is 5.63 Å². The van der Waals surface area contributed by atoms with Gasteiger partial charge in [-0.3, -0.25) is 4.79 Å². The first-order valence-corrected chi connectivity index (χ1v) is 7.15. The number of allylic oxidation sites excluding steroid dienone is 1. The van der Waals surface area contributed by atoms with Gasteiger partial charge in [0.25, 0.3) is 0 Å². The number of rotatable bonds is 2. The molecule has 1 aliphatic carbocycles. The minimum atomic E-state index is -0.452. The summed E-state index contributed by atoms with van der Waals surface area (Å²) >= 11 is 0. The number of benzene rings is 2. The molecule has 2 aromatic carbocycles. The van der Waals surface area contributed by atoms with Crippen LogP contribution in [0.1, 0.15) is 15.9 Å². The van der Waals surface area contributed by atoms with E-state index in [9.17, 15) is 9.59 Å². The zero-order chi connectivity index (χ0) is 16.0. The highest BCUT2D eigenvalue weighted by atomic mass is 16.5. The van der Waals surface area contributed by atoms with Gasteiger partial charge in [0, 0.05) is 17.0 Å². The lowest BCUT2D eigenvalue weighted by atomic mass is 9.88. The van der Waals surface area contributed by atoms with Gasteiger partial charge >= 0.3 is 5.63 Å². The Morgan fingerprint density at radius 1 is 1.00 bits per heavy atom. The van der Waals surface area contributed by atoms with Crippen LogP contribution in [0.15, 0.2) is 63.5 Å². The Morgan fingerprint density at radius 3 is 2.52 bits per heavy atom. The lowest BCUT2D eigenvalue weighted by Gasteiger charge is -2.18. The number of carbonyl (C=O) groups excluding carboxylic acids is 1. The molecule has 0 saturated heterocycles. The van der Waals surface area contributed by atoms with E-state index in [2.05, 4.69) is 0 Å². The van der Waals surface area contributed by atoms with Crippen LogP contribution in [0.4, 0.5) is 0 Å². The largest absolute Gasteiger partial charge is 0.493 e. The van der Waals surface area contributed by atoms with Gasteiger partial charge in [-0.1, -0.05) is 30.3 Å². The molecule has 112 valence electrons. The molecule has 23 heavy (non-hydrogen) atoms. The van der Waals surface area contributed by atoms with Crippen molar-refractivity contribution in [3.8, 4) is 11.1 Å². The molecule has 1 aromatic heterocycles. The van der Waals surface area contributed by atoms with Gasteiger partial charge in [-0.15, -0.1) is 0 Å². The molecule has 1 heterocycles. The van der Waals surface area contributed by atoms with E-state index in [0.29, 0.717) is 22.1 Å². The number of ether oxygens (including phenoxy) is 1. The minimum absolute atomic E-state index is 0.210. The van der Waals surface area contributed by atoms with E-state index in [4.69, 9.17) is 9.15 Å². The van der Waals surface area contributed by atoms with E-state index in [1.807, 2.05) is 30.3 Å². The molecule has 0 unspecified atom stereocenters. The summed E-state index contributed by atoms with van der Waals surface area (Å²) in [6.07, 6.45) is 1.59. The Balaban J connectivity index is 2.15. The SMILES string of the molecule is COC1=Cc2cc(=O)oc3ccc(-c4ccccc4)c(c23)C1=O. The predicted molar refractivity (Wildman–Crippen MR) is 87.2 cm³/mol. The van der Waals surface area contributed by atoms with Crippen molar-refractivity contribution in [2.45, 2.75) is 0 Å². The highest BCUT2D eigenvalue weighted by Gasteiger charge is 2.27. The maximum Gasteiger partial charge on any atom is 0.336 e. The molecular formula is C19H12O4. The molecular weight excluding hydrogens is 292 g/mol. The third-order valence-electron chi connectivity index (χ3n) is 3.98. The van der Waals surface area contributed by atoms with Crippen LogP contribution in [-0.4, -0.2) is 12.9 Å². The second-order valence-corrected chi connectivity index (χ2v) is 5.29. The standard InChI is InChI=1S/C19H12O4/c1-22-15-9-12-10-16(20)23-14-8-7-13(11-5-3-2-4-6-11)18(17(12)14)19(15)21/h2-10H,1H3.